The van der Waals surface area contributed by atoms with Crippen LogP contribution in [0.4, 0.5) is 11.5 Å². The molecular weight excluding hydrogens is 292 g/mol. The molecule has 1 aliphatic carbocycles. The van der Waals surface area contributed by atoms with Gasteiger partial charge >= 0.3 is 5.69 Å². The number of hydrogen-bond acceptors (Lipinski definition) is 4. The number of aryl methyl sites for hydroxylation is 2. The van der Waals surface area contributed by atoms with Crippen LogP contribution < -0.4 is 5.32 Å². The molecule has 2 atom stereocenters. The molecule has 6 nitrogen and oxygen atoms in total. The summed E-state index contributed by atoms with van der Waals surface area (Å²) in [5, 5.41) is 19.2. The third kappa shape index (κ3) is 2.58. The van der Waals surface area contributed by atoms with E-state index in [0.29, 0.717) is 22.5 Å². The largest absolute Gasteiger partial charge is 0.361 e. The van der Waals surface area contributed by atoms with E-state index in [1.807, 2.05) is 24.3 Å². The lowest BCUT2D eigenvalue weighted by molar-refractivity contribution is -0.384. The zero-order chi connectivity index (χ0) is 15.1. The first kappa shape index (κ1) is 13.9. The summed E-state index contributed by atoms with van der Waals surface area (Å²) in [4.78, 5) is 10.8. The number of nitro groups is 1. The quantitative estimate of drug-likeness (QED) is 0.695. The summed E-state index contributed by atoms with van der Waals surface area (Å²) in [6.07, 6.45) is 0.932. The molecule has 0 radical (unpaired) electrons. The summed E-state index contributed by atoms with van der Waals surface area (Å²) in [5.41, 5.74) is 1.63. The highest BCUT2D eigenvalue weighted by molar-refractivity contribution is 6.30. The molecule has 2 unspecified atom stereocenters. The summed E-state index contributed by atoms with van der Waals surface area (Å²) in [6.45, 7) is 1.64. The van der Waals surface area contributed by atoms with E-state index in [0.717, 1.165) is 12.0 Å². The van der Waals surface area contributed by atoms with Crippen molar-refractivity contribution in [3.63, 3.8) is 0 Å². The molecule has 0 saturated heterocycles. The van der Waals surface area contributed by atoms with Crippen molar-refractivity contribution in [2.24, 2.45) is 7.05 Å². The van der Waals surface area contributed by atoms with Crippen molar-refractivity contribution >= 4 is 23.1 Å². The highest BCUT2D eigenvalue weighted by atomic mass is 35.5. The van der Waals surface area contributed by atoms with Gasteiger partial charge in [-0.15, -0.1) is 0 Å². The highest BCUT2D eigenvalue weighted by Gasteiger charge is 2.40. The number of nitrogens with zero attached hydrogens (tertiary/aromatic N) is 3. The fourth-order valence-electron chi connectivity index (χ4n) is 2.66. The molecule has 2 aromatic rings. The van der Waals surface area contributed by atoms with E-state index in [4.69, 9.17) is 11.6 Å². The average molecular weight is 307 g/mol. The summed E-state index contributed by atoms with van der Waals surface area (Å²) in [7, 11) is 1.71. The predicted octanol–water partition coefficient (Wildman–Crippen LogP) is 3.26. The van der Waals surface area contributed by atoms with Gasteiger partial charge in [0.1, 0.15) is 5.69 Å². The van der Waals surface area contributed by atoms with E-state index in [9.17, 15) is 10.1 Å². The Hall–Kier alpha value is -2.08. The molecule has 1 fully saturated rings. The zero-order valence-electron chi connectivity index (χ0n) is 11.7. The molecule has 21 heavy (non-hydrogen) atoms. The van der Waals surface area contributed by atoms with Gasteiger partial charge in [0.25, 0.3) is 0 Å². The molecule has 110 valence electrons. The third-order valence-electron chi connectivity index (χ3n) is 3.76. The van der Waals surface area contributed by atoms with Gasteiger partial charge in [0, 0.05) is 24.0 Å². The van der Waals surface area contributed by atoms with Gasteiger partial charge in [0.05, 0.1) is 4.92 Å². The molecule has 1 saturated carbocycles. The van der Waals surface area contributed by atoms with Crippen molar-refractivity contribution < 1.29 is 4.92 Å². The maximum atomic E-state index is 11.1. The van der Waals surface area contributed by atoms with Crippen molar-refractivity contribution in [2.75, 3.05) is 5.32 Å². The fraction of sp³-hybridized carbons (Fsp3) is 0.357. The Kier molecular flexibility index (Phi) is 3.33. The van der Waals surface area contributed by atoms with Gasteiger partial charge in [-0.3, -0.25) is 10.1 Å². The van der Waals surface area contributed by atoms with E-state index in [1.54, 1.807) is 14.0 Å². The number of aromatic nitrogens is 2. The van der Waals surface area contributed by atoms with Crippen molar-refractivity contribution in [1.29, 1.82) is 0 Å². The summed E-state index contributed by atoms with van der Waals surface area (Å²) < 4.78 is 1.53. The molecule has 7 heteroatoms. The van der Waals surface area contributed by atoms with Crippen LogP contribution in [0.2, 0.25) is 5.02 Å². The maximum absolute atomic E-state index is 11.1. The maximum Gasteiger partial charge on any atom is 0.333 e. The van der Waals surface area contributed by atoms with Gasteiger partial charge in [0.2, 0.25) is 5.82 Å². The minimum atomic E-state index is -0.387. The molecular formula is C14H15ClN4O2. The molecule has 3 rings (SSSR count). The Balaban J connectivity index is 1.79. The summed E-state index contributed by atoms with van der Waals surface area (Å²) in [6, 6.07) is 7.91. The van der Waals surface area contributed by atoms with Crippen molar-refractivity contribution in [3.8, 4) is 0 Å². The highest BCUT2D eigenvalue weighted by Crippen LogP contribution is 2.44. The van der Waals surface area contributed by atoms with Crippen LogP contribution >= 0.6 is 11.6 Å². The average Bonchev–Trinajstić information content (AvgIpc) is 3.10. The van der Waals surface area contributed by atoms with Crippen LogP contribution in [-0.4, -0.2) is 20.7 Å². The van der Waals surface area contributed by atoms with Crippen LogP contribution in [0.15, 0.2) is 24.3 Å². The lowest BCUT2D eigenvalue weighted by Crippen LogP contribution is -2.10. The van der Waals surface area contributed by atoms with E-state index >= 15 is 0 Å². The topological polar surface area (TPSA) is 73.0 Å². The van der Waals surface area contributed by atoms with E-state index in [2.05, 4.69) is 10.4 Å². The second-order valence-corrected chi connectivity index (χ2v) is 5.75. The van der Waals surface area contributed by atoms with Gasteiger partial charge < -0.3 is 5.32 Å². The minimum Gasteiger partial charge on any atom is -0.361 e. The first-order chi connectivity index (χ1) is 9.97. The van der Waals surface area contributed by atoms with Gasteiger partial charge in [-0.1, -0.05) is 23.7 Å². The molecule has 0 amide bonds. The first-order valence-corrected chi connectivity index (χ1v) is 7.05. The zero-order valence-corrected chi connectivity index (χ0v) is 12.5. The van der Waals surface area contributed by atoms with Crippen molar-refractivity contribution in [2.45, 2.75) is 25.3 Å². The lowest BCUT2D eigenvalue weighted by Gasteiger charge is -2.06. The Morgan fingerprint density at radius 2 is 2.29 bits per heavy atom. The first-order valence-electron chi connectivity index (χ1n) is 6.67. The Bertz CT molecular complexity index is 713. The SMILES string of the molecule is Cc1nn(C)c(NC2CC2c2cccc(Cl)c2)c1[N+](=O)[O-]. The van der Waals surface area contributed by atoms with E-state index < -0.39 is 0 Å². The Morgan fingerprint density at radius 3 is 2.95 bits per heavy atom. The Morgan fingerprint density at radius 1 is 1.52 bits per heavy atom. The molecule has 0 bridgehead atoms. The lowest BCUT2D eigenvalue weighted by atomic mass is 10.1. The van der Waals surface area contributed by atoms with E-state index in [-0.39, 0.29) is 16.7 Å². The van der Waals surface area contributed by atoms with Gasteiger partial charge in [-0.2, -0.15) is 5.10 Å². The molecule has 0 aliphatic heterocycles. The molecule has 1 aromatic heterocycles. The number of halogens is 1. The van der Waals surface area contributed by atoms with Crippen LogP contribution in [0.25, 0.3) is 0 Å². The predicted molar refractivity (Wildman–Crippen MR) is 80.8 cm³/mol. The normalized spacial score (nSPS) is 20.3. The van der Waals surface area contributed by atoms with Gasteiger partial charge in [-0.25, -0.2) is 4.68 Å². The van der Waals surface area contributed by atoms with Crippen LogP contribution in [0, 0.1) is 17.0 Å². The smallest absolute Gasteiger partial charge is 0.333 e. The van der Waals surface area contributed by atoms with E-state index in [1.165, 1.54) is 4.68 Å². The van der Waals surface area contributed by atoms with Crippen LogP contribution in [-0.2, 0) is 7.05 Å². The van der Waals surface area contributed by atoms with Crippen LogP contribution in [0.3, 0.4) is 0 Å². The molecule has 1 aromatic carbocycles. The second kappa shape index (κ2) is 5.04. The van der Waals surface area contributed by atoms with Gasteiger partial charge in [-0.05, 0) is 31.0 Å². The van der Waals surface area contributed by atoms with Crippen molar-refractivity contribution in [1.82, 2.24) is 9.78 Å². The Labute approximate surface area is 126 Å². The standard InChI is InChI=1S/C14H15ClN4O2/c1-8-13(19(20)21)14(18(2)17-8)16-12-7-11(12)9-4-3-5-10(15)6-9/h3-6,11-12,16H,7H2,1-2H3. The van der Waals surface area contributed by atoms with Crippen LogP contribution in [0.1, 0.15) is 23.6 Å². The number of nitrogens with one attached hydrogen (secondary N) is 1. The number of anilines is 1. The van der Waals surface area contributed by atoms with Crippen LogP contribution in [0.5, 0.6) is 0 Å². The number of benzene rings is 1. The monoisotopic (exact) mass is 306 g/mol. The van der Waals surface area contributed by atoms with Crippen molar-refractivity contribution in [3.05, 3.63) is 50.7 Å². The van der Waals surface area contributed by atoms with Gasteiger partial charge in [0.15, 0.2) is 0 Å². The summed E-state index contributed by atoms with van der Waals surface area (Å²) in [5.74, 6) is 0.797. The molecule has 1 N–H and O–H groups in total. The fourth-order valence-corrected chi connectivity index (χ4v) is 2.86. The summed E-state index contributed by atoms with van der Waals surface area (Å²) >= 11 is 6.00. The number of rotatable bonds is 4. The molecule has 0 spiro atoms. The minimum absolute atomic E-state index is 0.0502. The number of hydrogen-bond donors (Lipinski definition) is 1. The second-order valence-electron chi connectivity index (χ2n) is 5.31. The molecule has 1 aliphatic rings. The third-order valence-corrected chi connectivity index (χ3v) is 4.00. The molecule has 1 heterocycles.